The minimum atomic E-state index is -3.31. The number of nitriles is 1. The zero-order chi connectivity index (χ0) is 15.1. The zero-order valence-corrected chi connectivity index (χ0v) is 13.1. The molecule has 4 nitrogen and oxygen atoms in total. The van der Waals surface area contributed by atoms with Gasteiger partial charge in [-0.3, -0.25) is 0 Å². The molecule has 1 fully saturated rings. The molecule has 0 aliphatic carbocycles. The summed E-state index contributed by atoms with van der Waals surface area (Å²) in [5.41, 5.74) is 0.391. The molecule has 1 saturated heterocycles. The van der Waals surface area contributed by atoms with Crippen LogP contribution in [0.5, 0.6) is 0 Å². The number of rotatable bonds is 4. The van der Waals surface area contributed by atoms with Gasteiger partial charge in [-0.25, -0.2) is 8.42 Å². The molecule has 1 aliphatic rings. The monoisotopic (exact) mass is 306 g/mol. The molecule has 1 aliphatic heterocycles. The van der Waals surface area contributed by atoms with Crippen LogP contribution in [-0.4, -0.2) is 38.7 Å². The number of likely N-dealkylation sites (tertiary alicyclic amines) is 1. The molecule has 1 aromatic rings. The highest BCUT2D eigenvalue weighted by atomic mass is 32.2. The second-order valence-corrected chi connectivity index (χ2v) is 7.68. The maximum Gasteiger partial charge on any atom is 0.179 e. The molecule has 0 atom stereocenters. The van der Waals surface area contributed by atoms with Crippen LogP contribution < -0.4 is 0 Å². The van der Waals surface area contributed by atoms with Crippen molar-refractivity contribution >= 4 is 9.84 Å². The van der Waals surface area contributed by atoms with Crippen LogP contribution in [0.25, 0.3) is 0 Å². The van der Waals surface area contributed by atoms with Gasteiger partial charge in [-0.15, -0.1) is 0 Å². The predicted octanol–water partition coefficient (Wildman–Crippen LogP) is 2.60. The van der Waals surface area contributed by atoms with Crippen molar-refractivity contribution in [2.45, 2.75) is 37.0 Å². The van der Waals surface area contributed by atoms with Gasteiger partial charge in [0.2, 0.25) is 0 Å². The largest absolute Gasteiger partial charge is 0.302 e. The predicted molar refractivity (Wildman–Crippen MR) is 82.7 cm³/mol. The van der Waals surface area contributed by atoms with E-state index in [4.69, 9.17) is 5.26 Å². The van der Waals surface area contributed by atoms with Gasteiger partial charge in [-0.05, 0) is 44.1 Å². The van der Waals surface area contributed by atoms with Gasteiger partial charge in [-0.1, -0.05) is 25.3 Å². The lowest BCUT2D eigenvalue weighted by atomic mass is 10.1. The summed E-state index contributed by atoms with van der Waals surface area (Å²) in [6, 6.07) is 8.27. The van der Waals surface area contributed by atoms with Crippen molar-refractivity contribution in [1.82, 2.24) is 4.90 Å². The second kappa shape index (κ2) is 7.58. The van der Waals surface area contributed by atoms with Crippen molar-refractivity contribution in [2.75, 3.05) is 25.4 Å². The van der Waals surface area contributed by atoms with Crippen molar-refractivity contribution in [3.63, 3.8) is 0 Å². The van der Waals surface area contributed by atoms with Crippen LogP contribution >= 0.6 is 0 Å². The third kappa shape index (κ3) is 4.83. The molecule has 1 heterocycles. The molecular formula is C16H22N2O2S. The lowest BCUT2D eigenvalue weighted by Gasteiger charge is -2.24. The normalized spacial score (nSPS) is 17.7. The summed E-state index contributed by atoms with van der Waals surface area (Å²) in [7, 11) is -3.31. The highest BCUT2D eigenvalue weighted by Crippen LogP contribution is 2.15. The van der Waals surface area contributed by atoms with Crippen molar-refractivity contribution in [2.24, 2.45) is 0 Å². The Hall–Kier alpha value is -1.38. The zero-order valence-electron chi connectivity index (χ0n) is 12.3. The Labute approximate surface area is 127 Å². The van der Waals surface area contributed by atoms with E-state index in [1.165, 1.54) is 25.3 Å². The summed E-state index contributed by atoms with van der Waals surface area (Å²) in [6.45, 7) is 2.57. The van der Waals surface area contributed by atoms with Crippen LogP contribution in [0.1, 0.15) is 37.7 Å². The minimum absolute atomic E-state index is 0.127. The van der Waals surface area contributed by atoms with Crippen LogP contribution in [0.15, 0.2) is 29.2 Å². The summed E-state index contributed by atoms with van der Waals surface area (Å²) in [4.78, 5) is 2.51. The summed E-state index contributed by atoms with van der Waals surface area (Å²) < 4.78 is 24.7. The first kappa shape index (κ1) is 16.0. The van der Waals surface area contributed by atoms with Crippen LogP contribution in [0.2, 0.25) is 0 Å². The molecule has 0 radical (unpaired) electrons. The van der Waals surface area contributed by atoms with Gasteiger partial charge in [0, 0.05) is 6.54 Å². The summed E-state index contributed by atoms with van der Waals surface area (Å²) in [5, 5.41) is 8.87. The van der Waals surface area contributed by atoms with E-state index in [9.17, 15) is 8.42 Å². The molecule has 0 spiro atoms. The third-order valence-electron chi connectivity index (χ3n) is 3.95. The van der Waals surface area contributed by atoms with E-state index in [2.05, 4.69) is 4.90 Å². The van der Waals surface area contributed by atoms with Crippen LogP contribution in [0.3, 0.4) is 0 Å². The SMILES string of the molecule is N#Cc1cccc(S(=O)(=O)CCN2CCCCCCC2)c1. The van der Waals surface area contributed by atoms with Crippen molar-refractivity contribution in [1.29, 1.82) is 5.26 Å². The smallest absolute Gasteiger partial charge is 0.179 e. The molecule has 0 N–H and O–H groups in total. The average Bonchev–Trinajstić information content (AvgIpc) is 2.46. The average molecular weight is 306 g/mol. The maximum atomic E-state index is 12.4. The van der Waals surface area contributed by atoms with Gasteiger partial charge >= 0.3 is 0 Å². The molecule has 0 aromatic heterocycles. The number of sulfone groups is 1. The Balaban J connectivity index is 1.98. The van der Waals surface area contributed by atoms with Gasteiger partial charge in [0.25, 0.3) is 0 Å². The Morgan fingerprint density at radius 3 is 2.43 bits per heavy atom. The molecule has 0 amide bonds. The van der Waals surface area contributed by atoms with Gasteiger partial charge in [0.05, 0.1) is 22.3 Å². The lowest BCUT2D eigenvalue weighted by molar-refractivity contribution is 0.260. The molecule has 21 heavy (non-hydrogen) atoms. The Bertz CT molecular complexity index is 597. The molecule has 114 valence electrons. The molecule has 1 aromatic carbocycles. The molecule has 5 heteroatoms. The van der Waals surface area contributed by atoms with E-state index >= 15 is 0 Å². The van der Waals surface area contributed by atoms with E-state index < -0.39 is 9.84 Å². The standard InChI is InChI=1S/C16H22N2O2S/c17-14-15-7-6-8-16(13-15)21(19,20)12-11-18-9-4-2-1-3-5-10-18/h6-8,13H,1-5,9-12H2. The fraction of sp³-hybridized carbons (Fsp3) is 0.562. The topological polar surface area (TPSA) is 61.2 Å². The van der Waals surface area contributed by atoms with E-state index in [0.717, 1.165) is 25.9 Å². The molecule has 0 bridgehead atoms. The van der Waals surface area contributed by atoms with Gasteiger partial charge < -0.3 is 4.90 Å². The quantitative estimate of drug-likeness (QED) is 0.858. The van der Waals surface area contributed by atoms with Crippen molar-refractivity contribution in [3.05, 3.63) is 29.8 Å². The number of hydrogen-bond donors (Lipinski definition) is 0. The Morgan fingerprint density at radius 2 is 1.76 bits per heavy atom. The number of benzene rings is 1. The minimum Gasteiger partial charge on any atom is -0.302 e. The molecule has 0 unspecified atom stereocenters. The maximum absolute atomic E-state index is 12.4. The van der Waals surface area contributed by atoms with Gasteiger partial charge in [0.1, 0.15) is 0 Å². The van der Waals surface area contributed by atoms with Gasteiger partial charge in [-0.2, -0.15) is 5.26 Å². The van der Waals surface area contributed by atoms with E-state index in [1.807, 2.05) is 6.07 Å². The second-order valence-electron chi connectivity index (χ2n) is 5.57. The van der Waals surface area contributed by atoms with Crippen LogP contribution in [-0.2, 0) is 9.84 Å². The van der Waals surface area contributed by atoms with E-state index in [1.54, 1.807) is 18.2 Å². The highest BCUT2D eigenvalue weighted by Gasteiger charge is 2.17. The van der Waals surface area contributed by atoms with Crippen LogP contribution in [0, 0.1) is 11.3 Å². The van der Waals surface area contributed by atoms with Crippen molar-refractivity contribution in [3.8, 4) is 6.07 Å². The summed E-state index contributed by atoms with van der Waals surface area (Å²) >= 11 is 0. The molecular weight excluding hydrogens is 284 g/mol. The van der Waals surface area contributed by atoms with Crippen molar-refractivity contribution < 1.29 is 8.42 Å². The number of hydrogen-bond acceptors (Lipinski definition) is 4. The molecule has 2 rings (SSSR count). The fourth-order valence-corrected chi connectivity index (χ4v) is 3.99. The highest BCUT2D eigenvalue weighted by molar-refractivity contribution is 7.91. The first-order valence-corrected chi connectivity index (χ1v) is 9.22. The lowest BCUT2D eigenvalue weighted by Crippen LogP contribution is -2.32. The summed E-state index contributed by atoms with van der Waals surface area (Å²) in [6.07, 6.45) is 6.10. The Kier molecular flexibility index (Phi) is 5.77. The van der Waals surface area contributed by atoms with Gasteiger partial charge in [0.15, 0.2) is 9.84 Å². The summed E-state index contributed by atoms with van der Waals surface area (Å²) in [5.74, 6) is 0.127. The first-order chi connectivity index (χ1) is 10.1. The first-order valence-electron chi connectivity index (χ1n) is 7.57. The van der Waals surface area contributed by atoms with E-state index in [0.29, 0.717) is 12.1 Å². The van der Waals surface area contributed by atoms with E-state index in [-0.39, 0.29) is 10.6 Å². The third-order valence-corrected chi connectivity index (χ3v) is 5.64. The number of nitrogens with zero attached hydrogens (tertiary/aromatic N) is 2. The van der Waals surface area contributed by atoms with Crippen LogP contribution in [0.4, 0.5) is 0 Å². The molecule has 0 saturated carbocycles. The fourth-order valence-electron chi connectivity index (χ4n) is 2.66. The Morgan fingerprint density at radius 1 is 1.10 bits per heavy atom.